The molecule has 0 aromatic heterocycles. The molecule has 24 heavy (non-hydrogen) atoms. The van der Waals surface area contributed by atoms with Gasteiger partial charge in [0, 0.05) is 0 Å². The molecule has 1 aromatic rings. The lowest BCUT2D eigenvalue weighted by molar-refractivity contribution is -0.145. The van der Waals surface area contributed by atoms with Gasteiger partial charge in [0.1, 0.15) is 12.1 Å². The molecular formula is C18H26N2O4. The summed E-state index contributed by atoms with van der Waals surface area (Å²) in [5.41, 5.74) is 0.870. The van der Waals surface area contributed by atoms with Crippen molar-refractivity contribution in [1.82, 2.24) is 10.6 Å². The van der Waals surface area contributed by atoms with Gasteiger partial charge in [-0.25, -0.2) is 4.79 Å². The van der Waals surface area contributed by atoms with E-state index in [1.807, 2.05) is 44.2 Å². The van der Waals surface area contributed by atoms with E-state index in [-0.39, 0.29) is 18.2 Å². The summed E-state index contributed by atoms with van der Waals surface area (Å²) in [6.07, 6.45) is 0.675. The van der Waals surface area contributed by atoms with Crippen LogP contribution >= 0.6 is 0 Å². The number of nitrogens with one attached hydrogen (secondary N) is 2. The number of benzene rings is 1. The lowest BCUT2D eigenvalue weighted by atomic mass is 10.0. The number of carbonyl (C=O) groups is 3. The van der Waals surface area contributed by atoms with Crippen molar-refractivity contribution in [2.45, 2.75) is 45.7 Å². The number of hydrogen-bond donors (Lipinski definition) is 2. The summed E-state index contributed by atoms with van der Waals surface area (Å²) in [7, 11) is 1.28. The van der Waals surface area contributed by atoms with E-state index in [1.165, 1.54) is 7.11 Å². The number of methoxy groups -OCH3 is 1. The van der Waals surface area contributed by atoms with Gasteiger partial charge in [-0.15, -0.1) is 0 Å². The zero-order valence-corrected chi connectivity index (χ0v) is 14.7. The van der Waals surface area contributed by atoms with Crippen LogP contribution in [0.2, 0.25) is 0 Å². The Bertz CT molecular complexity index is 557. The van der Waals surface area contributed by atoms with Crippen molar-refractivity contribution in [3.8, 4) is 0 Å². The van der Waals surface area contributed by atoms with E-state index in [4.69, 9.17) is 4.74 Å². The van der Waals surface area contributed by atoms with E-state index < -0.39 is 24.0 Å². The molecule has 0 radical (unpaired) electrons. The Labute approximate surface area is 143 Å². The van der Waals surface area contributed by atoms with Crippen molar-refractivity contribution >= 4 is 17.8 Å². The number of rotatable bonds is 8. The van der Waals surface area contributed by atoms with Crippen molar-refractivity contribution in [2.75, 3.05) is 7.11 Å². The minimum atomic E-state index is -0.736. The van der Waals surface area contributed by atoms with Gasteiger partial charge >= 0.3 is 5.97 Å². The minimum Gasteiger partial charge on any atom is -0.467 e. The largest absolute Gasteiger partial charge is 0.467 e. The van der Waals surface area contributed by atoms with Crippen molar-refractivity contribution in [2.24, 2.45) is 5.92 Å². The lowest BCUT2D eigenvalue weighted by Gasteiger charge is -2.21. The second kappa shape index (κ2) is 9.70. The third-order valence-electron chi connectivity index (χ3n) is 3.49. The maximum absolute atomic E-state index is 12.2. The highest BCUT2D eigenvalue weighted by molar-refractivity contribution is 5.90. The van der Waals surface area contributed by atoms with Gasteiger partial charge in [0.15, 0.2) is 0 Å². The van der Waals surface area contributed by atoms with Crippen molar-refractivity contribution in [3.05, 3.63) is 35.9 Å². The monoisotopic (exact) mass is 334 g/mol. The number of amides is 2. The van der Waals surface area contributed by atoms with Crippen LogP contribution in [0, 0.1) is 5.92 Å². The molecule has 0 aliphatic carbocycles. The highest BCUT2D eigenvalue weighted by Crippen LogP contribution is 2.06. The van der Waals surface area contributed by atoms with Crippen LogP contribution in [0.25, 0.3) is 0 Å². The van der Waals surface area contributed by atoms with E-state index >= 15 is 0 Å². The van der Waals surface area contributed by atoms with Crippen molar-refractivity contribution in [3.63, 3.8) is 0 Å². The van der Waals surface area contributed by atoms with Gasteiger partial charge in [0.2, 0.25) is 11.8 Å². The van der Waals surface area contributed by atoms with Crippen LogP contribution in [0.1, 0.15) is 32.8 Å². The van der Waals surface area contributed by atoms with E-state index in [0.29, 0.717) is 6.42 Å². The van der Waals surface area contributed by atoms with Crippen LogP contribution in [0.4, 0.5) is 0 Å². The Morgan fingerprint density at radius 2 is 1.67 bits per heavy atom. The van der Waals surface area contributed by atoms with E-state index in [2.05, 4.69) is 10.6 Å². The molecular weight excluding hydrogens is 308 g/mol. The van der Waals surface area contributed by atoms with Gasteiger partial charge in [-0.3, -0.25) is 9.59 Å². The SMILES string of the molecule is COC(=O)[C@H](CC(C)C)NC(=O)[C@H](C)NC(=O)Cc1ccccc1. The first kappa shape index (κ1) is 19.7. The normalized spacial score (nSPS) is 13.0. The molecule has 0 saturated heterocycles. The van der Waals surface area contributed by atoms with Crippen LogP contribution in [-0.4, -0.2) is 37.0 Å². The molecule has 2 atom stereocenters. The summed E-state index contributed by atoms with van der Waals surface area (Å²) in [6.45, 7) is 5.49. The zero-order chi connectivity index (χ0) is 18.1. The van der Waals surface area contributed by atoms with E-state index in [1.54, 1.807) is 6.92 Å². The molecule has 0 unspecified atom stereocenters. The molecule has 0 heterocycles. The summed E-state index contributed by atoms with van der Waals surface area (Å²) in [5.74, 6) is -0.924. The molecule has 0 aliphatic heterocycles. The molecule has 1 rings (SSSR count). The van der Waals surface area contributed by atoms with Crippen molar-refractivity contribution < 1.29 is 19.1 Å². The van der Waals surface area contributed by atoms with Gasteiger partial charge < -0.3 is 15.4 Å². The predicted octanol–water partition coefficient (Wildman–Crippen LogP) is 1.44. The van der Waals surface area contributed by atoms with Crippen LogP contribution in [0.5, 0.6) is 0 Å². The molecule has 0 aliphatic rings. The number of carbonyl (C=O) groups excluding carboxylic acids is 3. The fraction of sp³-hybridized carbons (Fsp3) is 0.500. The van der Waals surface area contributed by atoms with Crippen LogP contribution in [0.3, 0.4) is 0 Å². The molecule has 1 aromatic carbocycles. The maximum atomic E-state index is 12.2. The number of ether oxygens (including phenoxy) is 1. The van der Waals surface area contributed by atoms with Gasteiger partial charge in [-0.1, -0.05) is 44.2 Å². The third kappa shape index (κ3) is 6.81. The predicted molar refractivity (Wildman–Crippen MR) is 91.2 cm³/mol. The third-order valence-corrected chi connectivity index (χ3v) is 3.49. The van der Waals surface area contributed by atoms with E-state index in [9.17, 15) is 14.4 Å². The summed E-state index contributed by atoms with van der Waals surface area (Å²) in [4.78, 5) is 36.0. The zero-order valence-electron chi connectivity index (χ0n) is 14.7. The highest BCUT2D eigenvalue weighted by Gasteiger charge is 2.25. The molecule has 2 amide bonds. The smallest absolute Gasteiger partial charge is 0.328 e. The summed E-state index contributed by atoms with van der Waals surface area (Å²) in [6, 6.07) is 7.83. The molecule has 6 heteroatoms. The maximum Gasteiger partial charge on any atom is 0.328 e. The average molecular weight is 334 g/mol. The van der Waals surface area contributed by atoms with E-state index in [0.717, 1.165) is 5.56 Å². The number of hydrogen-bond acceptors (Lipinski definition) is 4. The second-order valence-corrected chi connectivity index (χ2v) is 6.17. The first-order valence-electron chi connectivity index (χ1n) is 8.05. The van der Waals surface area contributed by atoms with Gasteiger partial charge in [0.05, 0.1) is 13.5 Å². The lowest BCUT2D eigenvalue weighted by Crippen LogP contribution is -2.51. The summed E-state index contributed by atoms with van der Waals surface area (Å²) >= 11 is 0. The molecule has 0 bridgehead atoms. The summed E-state index contributed by atoms with van der Waals surface area (Å²) in [5, 5.41) is 5.28. The van der Waals surface area contributed by atoms with Crippen LogP contribution in [0.15, 0.2) is 30.3 Å². The molecule has 0 saturated carbocycles. The van der Waals surface area contributed by atoms with Crippen LogP contribution in [-0.2, 0) is 25.5 Å². The molecule has 132 valence electrons. The molecule has 6 nitrogen and oxygen atoms in total. The Kier molecular flexibility index (Phi) is 7.95. The fourth-order valence-electron chi connectivity index (χ4n) is 2.26. The van der Waals surface area contributed by atoms with Gasteiger partial charge in [0.25, 0.3) is 0 Å². The van der Waals surface area contributed by atoms with Gasteiger partial charge in [-0.2, -0.15) is 0 Å². The Hall–Kier alpha value is -2.37. The van der Waals surface area contributed by atoms with Gasteiger partial charge in [-0.05, 0) is 24.8 Å². The topological polar surface area (TPSA) is 84.5 Å². The Morgan fingerprint density at radius 3 is 2.21 bits per heavy atom. The molecule has 0 spiro atoms. The second-order valence-electron chi connectivity index (χ2n) is 6.17. The average Bonchev–Trinajstić information content (AvgIpc) is 2.53. The quantitative estimate of drug-likeness (QED) is 0.705. The first-order chi connectivity index (χ1) is 11.3. The first-order valence-corrected chi connectivity index (χ1v) is 8.05. The Morgan fingerprint density at radius 1 is 1.04 bits per heavy atom. The van der Waals surface area contributed by atoms with Crippen molar-refractivity contribution in [1.29, 1.82) is 0 Å². The standard InChI is InChI=1S/C18H26N2O4/c1-12(2)10-15(18(23)24-4)20-17(22)13(3)19-16(21)11-14-8-6-5-7-9-14/h5-9,12-13,15H,10-11H2,1-4H3,(H,19,21)(H,20,22)/t13-,15-/m0/s1. The Balaban J connectivity index is 2.55. The summed E-state index contributed by atoms with van der Waals surface area (Å²) < 4.78 is 4.71. The fourth-order valence-corrected chi connectivity index (χ4v) is 2.26. The number of esters is 1. The molecule has 2 N–H and O–H groups in total. The minimum absolute atomic E-state index is 0.199. The molecule has 0 fully saturated rings. The van der Waals surface area contributed by atoms with Crippen LogP contribution < -0.4 is 10.6 Å². The highest BCUT2D eigenvalue weighted by atomic mass is 16.5.